The van der Waals surface area contributed by atoms with Gasteiger partial charge in [0.05, 0.1) is 7.11 Å². The molecule has 9 heteroatoms. The average Bonchev–Trinajstić information content (AvgIpc) is 3.09. The van der Waals surface area contributed by atoms with Crippen LogP contribution in [0, 0.1) is 0 Å². The molecule has 0 radical (unpaired) electrons. The van der Waals surface area contributed by atoms with Crippen LogP contribution in [0.5, 0.6) is 5.75 Å². The van der Waals surface area contributed by atoms with E-state index in [-0.39, 0.29) is 18.7 Å². The van der Waals surface area contributed by atoms with Crippen LogP contribution in [0.1, 0.15) is 12.8 Å². The fourth-order valence-corrected chi connectivity index (χ4v) is 2.26. The standard InChI is InChI=1S/C12H12F3N5O/c1-21-9-5-7(4-8(16)6-9)10-17-18-19-20(10)11(2-3-11)12(13,14)15/h4-6H,2-3,16H2,1H3. The Morgan fingerprint density at radius 3 is 2.57 bits per heavy atom. The van der Waals surface area contributed by atoms with E-state index in [1.807, 2.05) is 0 Å². The zero-order valence-corrected chi connectivity index (χ0v) is 11.1. The summed E-state index contributed by atoms with van der Waals surface area (Å²) in [6.45, 7) is 0. The molecule has 1 aromatic heterocycles. The van der Waals surface area contributed by atoms with Crippen LogP contribution in [0.25, 0.3) is 11.4 Å². The van der Waals surface area contributed by atoms with Crippen molar-refractivity contribution >= 4 is 5.69 Å². The first-order chi connectivity index (χ1) is 9.87. The maximum Gasteiger partial charge on any atom is 0.413 e. The highest BCUT2D eigenvalue weighted by molar-refractivity contribution is 5.64. The van der Waals surface area contributed by atoms with Gasteiger partial charge in [-0.2, -0.15) is 13.2 Å². The summed E-state index contributed by atoms with van der Waals surface area (Å²) in [6, 6.07) is 4.62. The Hall–Kier alpha value is -2.32. The van der Waals surface area contributed by atoms with E-state index in [4.69, 9.17) is 10.5 Å². The Bertz CT molecular complexity index is 678. The van der Waals surface area contributed by atoms with Crippen molar-refractivity contribution in [2.24, 2.45) is 0 Å². The van der Waals surface area contributed by atoms with Crippen molar-refractivity contribution in [1.29, 1.82) is 0 Å². The Kier molecular flexibility index (Phi) is 2.82. The third-order valence-electron chi connectivity index (χ3n) is 3.55. The Morgan fingerprint density at radius 1 is 1.29 bits per heavy atom. The summed E-state index contributed by atoms with van der Waals surface area (Å²) in [5, 5.41) is 10.6. The Labute approximate surface area is 117 Å². The molecular formula is C12H12F3N5O. The molecule has 2 aromatic rings. The quantitative estimate of drug-likeness (QED) is 0.877. The molecule has 6 nitrogen and oxygen atoms in total. The van der Waals surface area contributed by atoms with Crippen LogP contribution in [0.15, 0.2) is 18.2 Å². The summed E-state index contributed by atoms with van der Waals surface area (Å²) in [6.07, 6.45) is -4.47. The number of hydrogen-bond acceptors (Lipinski definition) is 5. The zero-order valence-electron chi connectivity index (χ0n) is 11.1. The van der Waals surface area contributed by atoms with Gasteiger partial charge < -0.3 is 10.5 Å². The monoisotopic (exact) mass is 299 g/mol. The van der Waals surface area contributed by atoms with Crippen LogP contribution >= 0.6 is 0 Å². The van der Waals surface area contributed by atoms with Gasteiger partial charge in [0, 0.05) is 17.3 Å². The summed E-state index contributed by atoms with van der Waals surface area (Å²) in [5.74, 6) is 0.451. The molecule has 2 N–H and O–H groups in total. The fourth-order valence-electron chi connectivity index (χ4n) is 2.26. The molecule has 112 valence electrons. The van der Waals surface area contributed by atoms with Gasteiger partial charge in [-0.05, 0) is 35.4 Å². The van der Waals surface area contributed by atoms with Gasteiger partial charge in [-0.3, -0.25) is 0 Å². The summed E-state index contributed by atoms with van der Waals surface area (Å²) in [7, 11) is 1.44. The number of benzene rings is 1. The molecule has 1 aliphatic carbocycles. The first kappa shape index (κ1) is 13.7. The number of ether oxygens (including phenoxy) is 1. The Balaban J connectivity index is 2.10. The molecular weight excluding hydrogens is 287 g/mol. The van der Waals surface area contributed by atoms with Gasteiger partial charge >= 0.3 is 6.18 Å². The first-order valence-corrected chi connectivity index (χ1v) is 6.18. The van der Waals surface area contributed by atoms with Gasteiger partial charge in [-0.25, -0.2) is 4.68 Å². The molecule has 21 heavy (non-hydrogen) atoms. The maximum absolute atomic E-state index is 13.2. The minimum Gasteiger partial charge on any atom is -0.497 e. The summed E-state index contributed by atoms with van der Waals surface area (Å²) < 4.78 is 45.5. The van der Waals surface area contributed by atoms with Crippen molar-refractivity contribution in [1.82, 2.24) is 20.2 Å². The predicted octanol–water partition coefficient (Wildman–Crippen LogP) is 1.98. The van der Waals surface area contributed by atoms with Gasteiger partial charge in [-0.1, -0.05) is 0 Å². The van der Waals surface area contributed by atoms with Crippen molar-refractivity contribution in [3.63, 3.8) is 0 Å². The molecule has 3 rings (SSSR count). The number of nitrogens with zero attached hydrogens (tertiary/aromatic N) is 4. The topological polar surface area (TPSA) is 78.8 Å². The van der Waals surface area contributed by atoms with E-state index in [1.54, 1.807) is 12.1 Å². The van der Waals surface area contributed by atoms with Crippen molar-refractivity contribution in [3.8, 4) is 17.1 Å². The maximum atomic E-state index is 13.2. The number of hydrogen-bond donors (Lipinski definition) is 1. The normalized spacial score (nSPS) is 16.8. The van der Waals surface area contributed by atoms with Gasteiger partial charge in [0.2, 0.25) is 0 Å². The number of methoxy groups -OCH3 is 1. The number of nitrogen functional groups attached to an aromatic ring is 1. The number of alkyl halides is 3. The van der Waals surface area contributed by atoms with Crippen LogP contribution in [-0.2, 0) is 5.54 Å². The lowest BCUT2D eigenvalue weighted by molar-refractivity contribution is -0.182. The van der Waals surface area contributed by atoms with E-state index in [0.29, 0.717) is 17.0 Å². The fraction of sp³-hybridized carbons (Fsp3) is 0.417. The van der Waals surface area contributed by atoms with Gasteiger partial charge in [0.1, 0.15) is 5.75 Å². The second kappa shape index (κ2) is 4.34. The molecule has 1 aromatic carbocycles. The summed E-state index contributed by atoms with van der Waals surface area (Å²) >= 11 is 0. The average molecular weight is 299 g/mol. The van der Waals surface area contributed by atoms with E-state index in [0.717, 1.165) is 4.68 Å². The number of halogens is 3. The number of rotatable bonds is 3. The lowest BCUT2D eigenvalue weighted by Gasteiger charge is -2.20. The van der Waals surface area contributed by atoms with E-state index < -0.39 is 11.7 Å². The smallest absolute Gasteiger partial charge is 0.413 e. The van der Waals surface area contributed by atoms with Gasteiger partial charge in [-0.15, -0.1) is 5.10 Å². The van der Waals surface area contributed by atoms with Gasteiger partial charge in [0.15, 0.2) is 11.4 Å². The summed E-state index contributed by atoms with van der Waals surface area (Å²) in [5.41, 5.74) is 4.45. The number of nitrogens with two attached hydrogens (primary N) is 1. The third kappa shape index (κ3) is 2.08. The van der Waals surface area contributed by atoms with Crippen LogP contribution in [0.2, 0.25) is 0 Å². The van der Waals surface area contributed by atoms with Crippen molar-refractivity contribution in [3.05, 3.63) is 18.2 Å². The minimum atomic E-state index is -4.40. The minimum absolute atomic E-state index is 0.0235. The Morgan fingerprint density at radius 2 is 2.00 bits per heavy atom. The van der Waals surface area contributed by atoms with Crippen LogP contribution in [-0.4, -0.2) is 33.5 Å². The van der Waals surface area contributed by atoms with Crippen LogP contribution in [0.3, 0.4) is 0 Å². The third-order valence-corrected chi connectivity index (χ3v) is 3.55. The summed E-state index contributed by atoms with van der Waals surface area (Å²) in [4.78, 5) is 0. The van der Waals surface area contributed by atoms with E-state index in [9.17, 15) is 13.2 Å². The molecule has 0 amide bonds. The number of tetrazole rings is 1. The molecule has 0 unspecified atom stereocenters. The van der Waals surface area contributed by atoms with E-state index in [1.165, 1.54) is 13.2 Å². The molecule has 1 heterocycles. The molecule has 1 aliphatic rings. The molecule has 0 spiro atoms. The van der Waals surface area contributed by atoms with E-state index >= 15 is 0 Å². The first-order valence-electron chi connectivity index (χ1n) is 6.18. The molecule has 1 fully saturated rings. The lowest BCUT2D eigenvalue weighted by Crippen LogP contribution is -2.36. The van der Waals surface area contributed by atoms with Crippen molar-refractivity contribution in [2.45, 2.75) is 24.6 Å². The molecule has 0 atom stereocenters. The van der Waals surface area contributed by atoms with Gasteiger partial charge in [0.25, 0.3) is 0 Å². The highest BCUT2D eigenvalue weighted by Crippen LogP contribution is 2.55. The lowest BCUT2D eigenvalue weighted by atomic mass is 10.1. The van der Waals surface area contributed by atoms with Crippen molar-refractivity contribution in [2.75, 3.05) is 12.8 Å². The zero-order chi connectivity index (χ0) is 15.3. The van der Waals surface area contributed by atoms with Crippen LogP contribution < -0.4 is 10.5 Å². The molecule has 1 saturated carbocycles. The predicted molar refractivity (Wildman–Crippen MR) is 67.5 cm³/mol. The largest absolute Gasteiger partial charge is 0.497 e. The highest BCUT2D eigenvalue weighted by atomic mass is 19.4. The number of anilines is 1. The second-order valence-corrected chi connectivity index (χ2v) is 4.94. The molecule has 0 saturated heterocycles. The second-order valence-electron chi connectivity index (χ2n) is 4.94. The van der Waals surface area contributed by atoms with E-state index in [2.05, 4.69) is 15.5 Å². The molecule has 0 bridgehead atoms. The highest BCUT2D eigenvalue weighted by Gasteiger charge is 2.66. The number of aromatic nitrogens is 4. The van der Waals surface area contributed by atoms with Crippen molar-refractivity contribution < 1.29 is 17.9 Å². The molecule has 0 aliphatic heterocycles. The van der Waals surface area contributed by atoms with Crippen LogP contribution in [0.4, 0.5) is 18.9 Å². The SMILES string of the molecule is COc1cc(N)cc(-c2nnnn2C2(C(F)(F)F)CC2)c1.